The van der Waals surface area contributed by atoms with Gasteiger partial charge in [0.05, 0.1) is 0 Å². The minimum Gasteiger partial charge on any atom is -0.316 e. The lowest BCUT2D eigenvalue weighted by Gasteiger charge is -2.16. The second-order valence-electron chi connectivity index (χ2n) is 5.01. The third-order valence-corrected chi connectivity index (χ3v) is 3.66. The average molecular weight is 234 g/mol. The first-order valence-corrected chi connectivity index (χ1v) is 6.44. The second-order valence-corrected chi connectivity index (χ2v) is 5.01. The molecule has 2 N–H and O–H groups in total. The summed E-state index contributed by atoms with van der Waals surface area (Å²) in [6.07, 6.45) is 3.80. The Morgan fingerprint density at radius 2 is 2.24 bits per heavy atom. The molecule has 1 aliphatic rings. The summed E-state index contributed by atoms with van der Waals surface area (Å²) in [5.41, 5.74) is 4.80. The van der Waals surface area contributed by atoms with Crippen LogP contribution in [-0.2, 0) is 6.54 Å². The van der Waals surface area contributed by atoms with Gasteiger partial charge in [-0.2, -0.15) is 0 Å². The second kappa shape index (κ2) is 6.15. The maximum atomic E-state index is 8.74. The fourth-order valence-electron chi connectivity index (χ4n) is 2.62. The first kappa shape index (κ1) is 12.6. The summed E-state index contributed by atoms with van der Waals surface area (Å²) in [5.74, 6) is 0.679. The molecular formula is C14H22N2O. The van der Waals surface area contributed by atoms with Gasteiger partial charge in [-0.1, -0.05) is 24.3 Å². The van der Waals surface area contributed by atoms with Crippen molar-refractivity contribution < 1.29 is 5.21 Å². The SMILES string of the molecule is CN1CCCC(c2cccc(CNO)c2)CC1. The molecule has 1 heterocycles. The number of benzene rings is 1. The normalized spacial score (nSPS) is 22.4. The number of likely N-dealkylation sites (tertiary alicyclic amines) is 1. The first-order chi connectivity index (χ1) is 8.29. The van der Waals surface area contributed by atoms with Crippen molar-refractivity contribution in [3.8, 4) is 0 Å². The number of nitrogens with one attached hydrogen (secondary N) is 1. The first-order valence-electron chi connectivity index (χ1n) is 6.44. The van der Waals surface area contributed by atoms with Crippen LogP contribution in [0.5, 0.6) is 0 Å². The molecule has 1 aliphatic heterocycles. The van der Waals surface area contributed by atoms with Crippen LogP contribution in [0.15, 0.2) is 24.3 Å². The van der Waals surface area contributed by atoms with Crippen LogP contribution in [0.3, 0.4) is 0 Å². The van der Waals surface area contributed by atoms with Crippen molar-refractivity contribution in [3.63, 3.8) is 0 Å². The lowest BCUT2D eigenvalue weighted by atomic mass is 9.91. The maximum Gasteiger partial charge on any atom is 0.0458 e. The fourth-order valence-corrected chi connectivity index (χ4v) is 2.62. The molecule has 1 saturated heterocycles. The summed E-state index contributed by atoms with van der Waals surface area (Å²) < 4.78 is 0. The minimum absolute atomic E-state index is 0.528. The van der Waals surface area contributed by atoms with Gasteiger partial charge in [0.1, 0.15) is 0 Å². The van der Waals surface area contributed by atoms with E-state index >= 15 is 0 Å². The van der Waals surface area contributed by atoms with Gasteiger partial charge in [0, 0.05) is 6.54 Å². The highest BCUT2D eigenvalue weighted by Crippen LogP contribution is 2.28. The predicted octanol–water partition coefficient (Wildman–Crippen LogP) is 2.36. The Balaban J connectivity index is 2.07. The molecule has 0 aliphatic carbocycles. The number of hydrogen-bond acceptors (Lipinski definition) is 3. The highest BCUT2D eigenvalue weighted by molar-refractivity contribution is 5.26. The van der Waals surface area contributed by atoms with E-state index in [0.717, 1.165) is 5.56 Å². The molecule has 0 aromatic heterocycles. The van der Waals surface area contributed by atoms with Crippen LogP contribution < -0.4 is 5.48 Å². The van der Waals surface area contributed by atoms with Gasteiger partial charge < -0.3 is 10.1 Å². The molecule has 0 saturated carbocycles. The van der Waals surface area contributed by atoms with E-state index in [-0.39, 0.29) is 0 Å². The topological polar surface area (TPSA) is 35.5 Å². The van der Waals surface area contributed by atoms with E-state index in [9.17, 15) is 0 Å². The van der Waals surface area contributed by atoms with Crippen molar-refractivity contribution in [3.05, 3.63) is 35.4 Å². The zero-order valence-electron chi connectivity index (χ0n) is 10.5. The Hall–Kier alpha value is -0.900. The van der Waals surface area contributed by atoms with E-state index in [0.29, 0.717) is 12.5 Å². The molecule has 1 unspecified atom stereocenters. The van der Waals surface area contributed by atoms with Gasteiger partial charge in [0.15, 0.2) is 0 Å². The largest absolute Gasteiger partial charge is 0.316 e. The summed E-state index contributed by atoms with van der Waals surface area (Å²) >= 11 is 0. The molecule has 3 heteroatoms. The van der Waals surface area contributed by atoms with Crippen molar-refractivity contribution in [1.29, 1.82) is 0 Å². The number of rotatable bonds is 3. The van der Waals surface area contributed by atoms with E-state index in [4.69, 9.17) is 5.21 Å². The quantitative estimate of drug-likeness (QED) is 0.788. The van der Waals surface area contributed by atoms with Crippen LogP contribution in [-0.4, -0.2) is 30.2 Å². The molecule has 2 rings (SSSR count). The molecule has 1 aromatic carbocycles. The molecule has 1 aromatic rings. The van der Waals surface area contributed by atoms with Crippen LogP contribution >= 0.6 is 0 Å². The molecule has 0 spiro atoms. The third kappa shape index (κ3) is 3.53. The molecular weight excluding hydrogens is 212 g/mol. The van der Waals surface area contributed by atoms with Crippen molar-refractivity contribution in [2.24, 2.45) is 0 Å². The number of hydroxylamine groups is 1. The zero-order chi connectivity index (χ0) is 12.1. The Kier molecular flexibility index (Phi) is 4.54. The molecule has 17 heavy (non-hydrogen) atoms. The lowest BCUT2D eigenvalue weighted by molar-refractivity contribution is 0.161. The summed E-state index contributed by atoms with van der Waals surface area (Å²) in [6, 6.07) is 8.59. The standard InChI is InChI=1S/C14H22N2O/c1-16-8-3-6-13(7-9-16)14-5-2-4-12(10-14)11-15-17/h2,4-5,10,13,15,17H,3,6-9,11H2,1H3. The van der Waals surface area contributed by atoms with Gasteiger partial charge in [-0.15, -0.1) is 0 Å². The fraction of sp³-hybridized carbons (Fsp3) is 0.571. The van der Waals surface area contributed by atoms with E-state index < -0.39 is 0 Å². The predicted molar refractivity (Wildman–Crippen MR) is 69.2 cm³/mol. The Bertz CT molecular complexity index is 354. The average Bonchev–Trinajstić information content (AvgIpc) is 2.55. The third-order valence-electron chi connectivity index (χ3n) is 3.66. The maximum absolute atomic E-state index is 8.74. The van der Waals surface area contributed by atoms with Crippen molar-refractivity contribution in [2.45, 2.75) is 31.7 Å². The summed E-state index contributed by atoms with van der Waals surface area (Å²) in [6.45, 7) is 2.93. The molecule has 0 amide bonds. The van der Waals surface area contributed by atoms with Crippen LogP contribution in [0.25, 0.3) is 0 Å². The van der Waals surface area contributed by atoms with Crippen LogP contribution in [0.4, 0.5) is 0 Å². The summed E-state index contributed by atoms with van der Waals surface area (Å²) in [4.78, 5) is 2.42. The Morgan fingerprint density at radius 1 is 1.35 bits per heavy atom. The van der Waals surface area contributed by atoms with Crippen molar-refractivity contribution in [1.82, 2.24) is 10.4 Å². The number of nitrogens with zero attached hydrogens (tertiary/aromatic N) is 1. The van der Waals surface area contributed by atoms with Crippen LogP contribution in [0.2, 0.25) is 0 Å². The van der Waals surface area contributed by atoms with Crippen molar-refractivity contribution in [2.75, 3.05) is 20.1 Å². The van der Waals surface area contributed by atoms with Crippen LogP contribution in [0, 0.1) is 0 Å². The molecule has 0 radical (unpaired) electrons. The Labute approximate surface area is 103 Å². The molecule has 0 bridgehead atoms. The van der Waals surface area contributed by atoms with Gasteiger partial charge in [-0.25, -0.2) is 5.48 Å². The van der Waals surface area contributed by atoms with E-state index in [1.807, 2.05) is 0 Å². The van der Waals surface area contributed by atoms with Gasteiger partial charge in [0.25, 0.3) is 0 Å². The van der Waals surface area contributed by atoms with Gasteiger partial charge >= 0.3 is 0 Å². The van der Waals surface area contributed by atoms with Gasteiger partial charge in [0.2, 0.25) is 0 Å². The number of hydrogen-bond donors (Lipinski definition) is 2. The van der Waals surface area contributed by atoms with Gasteiger partial charge in [-0.05, 0) is 56.4 Å². The highest BCUT2D eigenvalue weighted by Gasteiger charge is 2.16. The summed E-state index contributed by atoms with van der Waals surface area (Å²) in [5, 5.41) is 8.74. The monoisotopic (exact) mass is 234 g/mol. The van der Waals surface area contributed by atoms with Crippen LogP contribution in [0.1, 0.15) is 36.3 Å². The minimum atomic E-state index is 0.528. The van der Waals surface area contributed by atoms with E-state index in [1.54, 1.807) is 0 Å². The van der Waals surface area contributed by atoms with Gasteiger partial charge in [-0.3, -0.25) is 0 Å². The van der Waals surface area contributed by atoms with E-state index in [1.165, 1.54) is 37.9 Å². The lowest BCUT2D eigenvalue weighted by Crippen LogP contribution is -2.18. The summed E-state index contributed by atoms with van der Waals surface area (Å²) in [7, 11) is 2.20. The molecule has 1 atom stereocenters. The molecule has 1 fully saturated rings. The zero-order valence-corrected chi connectivity index (χ0v) is 10.5. The smallest absolute Gasteiger partial charge is 0.0458 e. The highest BCUT2D eigenvalue weighted by atomic mass is 16.5. The van der Waals surface area contributed by atoms with Crippen molar-refractivity contribution >= 4 is 0 Å². The van der Waals surface area contributed by atoms with E-state index in [2.05, 4.69) is 41.7 Å². The molecule has 3 nitrogen and oxygen atoms in total. The molecule has 94 valence electrons. The Morgan fingerprint density at radius 3 is 3.06 bits per heavy atom.